The number of rotatable bonds is 5. The molecule has 0 atom stereocenters. The minimum atomic E-state index is -3.73. The fourth-order valence-corrected chi connectivity index (χ4v) is 2.24. The van der Waals surface area contributed by atoms with E-state index in [1.165, 1.54) is 12.1 Å². The quantitative estimate of drug-likeness (QED) is 0.797. The summed E-state index contributed by atoms with van der Waals surface area (Å²) < 4.78 is 27.9. The Labute approximate surface area is 106 Å². The van der Waals surface area contributed by atoms with Gasteiger partial charge in [-0.2, -0.15) is 0 Å². The van der Waals surface area contributed by atoms with Crippen molar-refractivity contribution in [2.75, 3.05) is 6.61 Å². The first-order chi connectivity index (χ1) is 8.21. The molecule has 7 heteroatoms. The highest BCUT2D eigenvalue weighted by Crippen LogP contribution is 2.26. The van der Waals surface area contributed by atoms with Crippen molar-refractivity contribution >= 4 is 15.9 Å². The third-order valence-corrected chi connectivity index (χ3v) is 3.25. The monoisotopic (exact) mass is 272 g/mol. The van der Waals surface area contributed by atoms with Crippen LogP contribution in [0, 0.1) is 13.8 Å². The number of primary sulfonamides is 1. The van der Waals surface area contributed by atoms with Gasteiger partial charge in [0.2, 0.25) is 15.9 Å². The zero-order valence-electron chi connectivity index (χ0n) is 10.3. The highest BCUT2D eigenvalue weighted by molar-refractivity contribution is 7.89. The lowest BCUT2D eigenvalue weighted by Crippen LogP contribution is -2.16. The average Bonchev–Trinajstić information content (AvgIpc) is 2.20. The van der Waals surface area contributed by atoms with E-state index in [0.29, 0.717) is 16.9 Å². The van der Waals surface area contributed by atoms with Crippen LogP contribution in [0.3, 0.4) is 0 Å². The van der Waals surface area contributed by atoms with Crippen molar-refractivity contribution < 1.29 is 17.9 Å². The summed E-state index contributed by atoms with van der Waals surface area (Å²) in [5.41, 5.74) is 6.28. The Hall–Kier alpha value is -1.60. The molecule has 1 aromatic rings. The van der Waals surface area contributed by atoms with Gasteiger partial charge in [-0.25, -0.2) is 13.6 Å². The molecule has 0 bridgehead atoms. The maximum atomic E-state index is 11.2. The second-order valence-electron chi connectivity index (χ2n) is 4.00. The molecular formula is C11H16N2O4S. The lowest BCUT2D eigenvalue weighted by Gasteiger charge is -2.12. The zero-order chi connectivity index (χ0) is 13.9. The topological polar surface area (TPSA) is 112 Å². The molecule has 1 rings (SSSR count). The Bertz CT molecular complexity index is 543. The van der Waals surface area contributed by atoms with Crippen LogP contribution in [-0.2, 0) is 14.8 Å². The van der Waals surface area contributed by atoms with Crippen molar-refractivity contribution in [2.45, 2.75) is 25.2 Å². The average molecular weight is 272 g/mol. The van der Waals surface area contributed by atoms with E-state index < -0.39 is 15.9 Å². The van der Waals surface area contributed by atoms with Gasteiger partial charge >= 0.3 is 0 Å². The molecule has 0 aliphatic carbocycles. The van der Waals surface area contributed by atoms with Gasteiger partial charge in [-0.05, 0) is 37.1 Å². The first-order valence-corrected chi connectivity index (χ1v) is 6.81. The molecule has 0 aromatic heterocycles. The third-order valence-electron chi connectivity index (χ3n) is 2.36. The predicted octanol–water partition coefficient (Wildman–Crippen LogP) is 0.205. The fourth-order valence-electron chi connectivity index (χ4n) is 1.56. The number of carbonyl (C=O) groups excluding carboxylic acids is 1. The fraction of sp³-hybridized carbons (Fsp3) is 0.364. The maximum absolute atomic E-state index is 11.2. The normalized spacial score (nSPS) is 11.3. The number of amides is 1. The van der Waals surface area contributed by atoms with Crippen LogP contribution in [0.25, 0.3) is 0 Å². The first kappa shape index (κ1) is 14.5. The Kier molecular flexibility index (Phi) is 4.31. The van der Waals surface area contributed by atoms with E-state index in [9.17, 15) is 13.2 Å². The number of nitrogens with two attached hydrogens (primary N) is 2. The van der Waals surface area contributed by atoms with Gasteiger partial charge in [0.1, 0.15) is 5.75 Å². The van der Waals surface area contributed by atoms with Gasteiger partial charge in [-0.1, -0.05) is 0 Å². The highest BCUT2D eigenvalue weighted by atomic mass is 32.2. The summed E-state index contributed by atoms with van der Waals surface area (Å²) in [5.74, 6) is 0.0927. The number of benzene rings is 1. The van der Waals surface area contributed by atoms with Crippen LogP contribution < -0.4 is 15.6 Å². The van der Waals surface area contributed by atoms with Crippen molar-refractivity contribution in [3.05, 3.63) is 23.3 Å². The number of hydrogen-bond donors (Lipinski definition) is 2. The smallest absolute Gasteiger partial charge is 0.238 e. The molecule has 100 valence electrons. The molecule has 0 saturated carbocycles. The zero-order valence-corrected chi connectivity index (χ0v) is 11.1. The molecule has 1 amide bonds. The van der Waals surface area contributed by atoms with Crippen molar-refractivity contribution in [3.8, 4) is 5.75 Å². The van der Waals surface area contributed by atoms with Gasteiger partial charge in [0.15, 0.2) is 0 Å². The van der Waals surface area contributed by atoms with Crippen LogP contribution in [0.4, 0.5) is 0 Å². The summed E-state index contributed by atoms with van der Waals surface area (Å²) in [7, 11) is -3.73. The molecule has 0 radical (unpaired) electrons. The lowest BCUT2D eigenvalue weighted by molar-refractivity contribution is -0.118. The van der Waals surface area contributed by atoms with E-state index in [1.807, 2.05) is 0 Å². The number of primary amides is 1. The van der Waals surface area contributed by atoms with Gasteiger partial charge in [-0.15, -0.1) is 0 Å². The Morgan fingerprint density at radius 3 is 2.17 bits per heavy atom. The number of ether oxygens (including phenoxy) is 1. The SMILES string of the molecule is Cc1cc(S(N)(=O)=O)cc(C)c1OCCC(N)=O. The van der Waals surface area contributed by atoms with Crippen LogP contribution in [0.5, 0.6) is 5.75 Å². The molecule has 6 nitrogen and oxygen atoms in total. The van der Waals surface area contributed by atoms with Crippen LogP contribution >= 0.6 is 0 Å². The Morgan fingerprint density at radius 1 is 1.28 bits per heavy atom. The van der Waals surface area contributed by atoms with Crippen LogP contribution in [0.2, 0.25) is 0 Å². The third kappa shape index (κ3) is 3.71. The van der Waals surface area contributed by atoms with Crippen LogP contribution in [0.15, 0.2) is 17.0 Å². The summed E-state index contributed by atoms with van der Waals surface area (Å²) in [5, 5.41) is 5.05. The molecule has 0 spiro atoms. The summed E-state index contributed by atoms with van der Waals surface area (Å²) in [6.45, 7) is 3.58. The first-order valence-electron chi connectivity index (χ1n) is 5.27. The van der Waals surface area contributed by atoms with Gasteiger partial charge in [-0.3, -0.25) is 4.79 Å². The number of hydrogen-bond acceptors (Lipinski definition) is 4. The highest BCUT2D eigenvalue weighted by Gasteiger charge is 2.13. The number of aryl methyl sites for hydroxylation is 2. The largest absolute Gasteiger partial charge is 0.493 e. The van der Waals surface area contributed by atoms with E-state index >= 15 is 0 Å². The van der Waals surface area contributed by atoms with Crippen molar-refractivity contribution in [1.82, 2.24) is 0 Å². The van der Waals surface area contributed by atoms with E-state index in [2.05, 4.69) is 0 Å². The summed E-state index contributed by atoms with van der Waals surface area (Å²) in [4.78, 5) is 10.6. The van der Waals surface area contributed by atoms with Gasteiger partial charge in [0.05, 0.1) is 17.9 Å². The van der Waals surface area contributed by atoms with E-state index in [-0.39, 0.29) is 17.9 Å². The van der Waals surface area contributed by atoms with Crippen molar-refractivity contribution in [3.63, 3.8) is 0 Å². The molecule has 0 saturated heterocycles. The predicted molar refractivity (Wildman–Crippen MR) is 66.6 cm³/mol. The molecule has 0 heterocycles. The molecule has 4 N–H and O–H groups in total. The number of sulfonamides is 1. The van der Waals surface area contributed by atoms with Gasteiger partial charge in [0.25, 0.3) is 0 Å². The standard InChI is InChI=1S/C11H16N2O4S/c1-7-5-9(18(13,15)16)6-8(2)11(7)17-4-3-10(12)14/h5-6H,3-4H2,1-2H3,(H2,12,14)(H2,13,15,16). The van der Waals surface area contributed by atoms with Crippen molar-refractivity contribution in [2.24, 2.45) is 10.9 Å². The number of carbonyl (C=O) groups is 1. The van der Waals surface area contributed by atoms with E-state index in [0.717, 1.165) is 0 Å². The van der Waals surface area contributed by atoms with E-state index in [1.54, 1.807) is 13.8 Å². The molecule has 0 unspecified atom stereocenters. The van der Waals surface area contributed by atoms with Gasteiger partial charge < -0.3 is 10.5 Å². The van der Waals surface area contributed by atoms with Gasteiger partial charge in [0, 0.05) is 0 Å². The molecule has 1 aromatic carbocycles. The second-order valence-corrected chi connectivity index (χ2v) is 5.56. The molecule has 18 heavy (non-hydrogen) atoms. The molecular weight excluding hydrogens is 256 g/mol. The van der Waals surface area contributed by atoms with Crippen LogP contribution in [0.1, 0.15) is 17.5 Å². The maximum Gasteiger partial charge on any atom is 0.238 e. The summed E-state index contributed by atoms with van der Waals surface area (Å²) in [6, 6.07) is 2.86. The Morgan fingerprint density at radius 2 is 1.78 bits per heavy atom. The van der Waals surface area contributed by atoms with Crippen molar-refractivity contribution in [1.29, 1.82) is 0 Å². The molecule has 0 aliphatic rings. The van der Waals surface area contributed by atoms with E-state index in [4.69, 9.17) is 15.6 Å². The summed E-state index contributed by atoms with van der Waals surface area (Å²) >= 11 is 0. The van der Waals surface area contributed by atoms with Crippen LogP contribution in [-0.4, -0.2) is 20.9 Å². The molecule has 0 fully saturated rings. The minimum absolute atomic E-state index is 0.0414. The second kappa shape index (κ2) is 5.36. The minimum Gasteiger partial charge on any atom is -0.493 e. The summed E-state index contributed by atoms with van der Waals surface area (Å²) in [6.07, 6.45) is 0.107. The Balaban J connectivity index is 2.99. The lowest BCUT2D eigenvalue weighted by atomic mass is 10.1. The molecule has 0 aliphatic heterocycles.